The van der Waals surface area contributed by atoms with Crippen molar-refractivity contribution in [3.63, 3.8) is 0 Å². The fourth-order valence-corrected chi connectivity index (χ4v) is 2.35. The lowest BCUT2D eigenvalue weighted by Crippen LogP contribution is -2.06. The molecule has 0 heterocycles. The van der Waals surface area contributed by atoms with E-state index in [2.05, 4.69) is 0 Å². The van der Waals surface area contributed by atoms with Crippen LogP contribution in [-0.2, 0) is 9.84 Å². The maximum absolute atomic E-state index is 13.8. The maximum Gasteiger partial charge on any atom is 0.232 e. The largest absolute Gasteiger partial charge is 0.232 e. The molecule has 0 aliphatic rings. The molecular weight excluding hydrogens is 251 g/mol. The highest BCUT2D eigenvalue weighted by Crippen LogP contribution is 2.25. The maximum atomic E-state index is 13.8. The second-order valence-corrected chi connectivity index (χ2v) is 7.46. The molecule has 0 spiro atoms. The molecule has 0 radical (unpaired) electrons. The van der Waals surface area contributed by atoms with Crippen LogP contribution in [0.2, 0.25) is 0 Å². The Morgan fingerprint density at radius 1 is 1.22 bits per heavy atom. The summed E-state index contributed by atoms with van der Waals surface area (Å²) < 4.78 is 37.6. The molecule has 1 aromatic rings. The smallest absolute Gasteiger partial charge is 0.216 e. The molecule has 0 N–H and O–H groups in total. The molecule has 2 nitrogen and oxygen atoms in total. The van der Waals surface area contributed by atoms with Crippen LogP contribution in [-0.4, -0.2) is 8.42 Å². The van der Waals surface area contributed by atoms with Gasteiger partial charge in [0.25, 0.3) is 0 Å². The highest BCUT2D eigenvalue weighted by atomic mass is 32.2. The summed E-state index contributed by atoms with van der Waals surface area (Å²) in [5.41, 5.74) is 0.799. The van der Waals surface area contributed by atoms with E-state index in [1.54, 1.807) is 12.1 Å². The zero-order chi connectivity index (χ0) is 14.0. The molecule has 0 saturated carbocycles. The molecule has 0 atom stereocenters. The van der Waals surface area contributed by atoms with Crippen molar-refractivity contribution in [3.8, 4) is 0 Å². The predicted molar refractivity (Wildman–Crippen MR) is 71.6 cm³/mol. The average Bonchev–Trinajstić information content (AvgIpc) is 2.25. The zero-order valence-electron chi connectivity index (χ0n) is 11.2. The van der Waals surface area contributed by atoms with Crippen molar-refractivity contribution in [2.45, 2.75) is 39.0 Å². The van der Waals surface area contributed by atoms with Crippen molar-refractivity contribution in [2.24, 2.45) is 5.41 Å². The Hall–Kier alpha value is -1.16. The number of aryl methyl sites for hydroxylation is 1. The Kier molecular flexibility index (Phi) is 4.32. The molecule has 0 amide bonds. The van der Waals surface area contributed by atoms with Crippen LogP contribution in [0.15, 0.2) is 40.4 Å². The number of hydrogen-bond acceptors (Lipinski definition) is 2. The summed E-state index contributed by atoms with van der Waals surface area (Å²) in [5.74, 6) is 0. The van der Waals surface area contributed by atoms with Crippen molar-refractivity contribution >= 4 is 9.84 Å². The first-order chi connectivity index (χ1) is 8.13. The van der Waals surface area contributed by atoms with E-state index in [9.17, 15) is 12.8 Å². The molecule has 0 unspecified atom stereocenters. The van der Waals surface area contributed by atoms with Crippen LogP contribution < -0.4 is 0 Å². The molecule has 1 rings (SSSR count). The molecule has 18 heavy (non-hydrogen) atoms. The van der Waals surface area contributed by atoms with Gasteiger partial charge < -0.3 is 0 Å². The summed E-state index contributed by atoms with van der Waals surface area (Å²) in [7, 11) is -3.98. The Bertz CT molecular complexity index is 534. The first-order valence-corrected chi connectivity index (χ1v) is 7.29. The van der Waals surface area contributed by atoms with E-state index in [1.165, 1.54) is 12.1 Å². The van der Waals surface area contributed by atoms with Crippen molar-refractivity contribution in [2.75, 3.05) is 0 Å². The first kappa shape index (κ1) is 14.9. The SMILES string of the molecule is Cc1ccc(S(=O)(=O)/C(F)=C\CC(C)(C)C)cc1. The van der Waals surface area contributed by atoms with Crippen LogP contribution >= 0.6 is 0 Å². The van der Waals surface area contributed by atoms with Crippen molar-refractivity contribution in [1.29, 1.82) is 0 Å². The predicted octanol–water partition coefficient (Wildman–Crippen LogP) is 4.02. The first-order valence-electron chi connectivity index (χ1n) is 5.80. The Labute approximate surface area is 108 Å². The molecule has 0 saturated heterocycles. The third-order valence-corrected chi connectivity index (χ3v) is 4.04. The van der Waals surface area contributed by atoms with E-state index in [4.69, 9.17) is 0 Å². The van der Waals surface area contributed by atoms with Gasteiger partial charge in [0.05, 0.1) is 4.90 Å². The molecule has 0 bridgehead atoms. The van der Waals surface area contributed by atoms with E-state index in [0.29, 0.717) is 6.42 Å². The lowest BCUT2D eigenvalue weighted by atomic mass is 9.93. The number of hydrogen-bond donors (Lipinski definition) is 0. The summed E-state index contributed by atoms with van der Waals surface area (Å²) in [6, 6.07) is 6.16. The van der Waals surface area contributed by atoms with Gasteiger partial charge in [-0.05, 0) is 37.0 Å². The zero-order valence-corrected chi connectivity index (χ0v) is 12.0. The van der Waals surface area contributed by atoms with Gasteiger partial charge >= 0.3 is 0 Å². The second-order valence-electron chi connectivity index (χ2n) is 5.59. The average molecular weight is 270 g/mol. The Morgan fingerprint density at radius 2 is 1.72 bits per heavy atom. The van der Waals surface area contributed by atoms with Crippen LogP contribution in [0.5, 0.6) is 0 Å². The summed E-state index contributed by atoms with van der Waals surface area (Å²) >= 11 is 0. The highest BCUT2D eigenvalue weighted by molar-refractivity contribution is 7.95. The summed E-state index contributed by atoms with van der Waals surface area (Å²) in [6.07, 6.45) is 1.53. The van der Waals surface area contributed by atoms with Crippen LogP contribution in [0.25, 0.3) is 0 Å². The van der Waals surface area contributed by atoms with Gasteiger partial charge in [-0.2, -0.15) is 4.39 Å². The molecule has 0 aromatic heterocycles. The van der Waals surface area contributed by atoms with Gasteiger partial charge in [-0.1, -0.05) is 38.5 Å². The molecule has 4 heteroatoms. The minimum atomic E-state index is -3.98. The van der Waals surface area contributed by atoms with Crippen LogP contribution in [0.4, 0.5) is 4.39 Å². The number of halogens is 1. The van der Waals surface area contributed by atoms with Crippen LogP contribution in [0.1, 0.15) is 32.8 Å². The molecule has 0 aliphatic carbocycles. The third-order valence-electron chi connectivity index (χ3n) is 2.46. The second kappa shape index (κ2) is 5.22. The van der Waals surface area contributed by atoms with E-state index in [-0.39, 0.29) is 10.3 Å². The number of allylic oxidation sites excluding steroid dienone is 1. The lowest BCUT2D eigenvalue weighted by molar-refractivity contribution is 0.417. The van der Waals surface area contributed by atoms with E-state index in [1.807, 2.05) is 27.7 Å². The standard InChI is InChI=1S/C14H19FO2S/c1-11-5-7-12(8-6-11)18(16,17)13(15)9-10-14(2,3)4/h5-9H,10H2,1-4H3/b13-9-. The number of rotatable bonds is 3. The highest BCUT2D eigenvalue weighted by Gasteiger charge is 2.21. The topological polar surface area (TPSA) is 34.1 Å². The van der Waals surface area contributed by atoms with Gasteiger partial charge in [0.2, 0.25) is 15.0 Å². The van der Waals surface area contributed by atoms with Crippen LogP contribution in [0, 0.1) is 12.3 Å². The Balaban J connectivity index is 3.04. The van der Waals surface area contributed by atoms with Crippen molar-refractivity contribution in [3.05, 3.63) is 41.1 Å². The molecular formula is C14H19FO2S. The van der Waals surface area contributed by atoms with E-state index in [0.717, 1.165) is 11.6 Å². The van der Waals surface area contributed by atoms with Gasteiger partial charge in [-0.3, -0.25) is 0 Å². The summed E-state index contributed by atoms with van der Waals surface area (Å²) in [4.78, 5) is -0.00393. The monoisotopic (exact) mass is 270 g/mol. The summed E-state index contributed by atoms with van der Waals surface area (Å²) in [5, 5.41) is -1.07. The van der Waals surface area contributed by atoms with E-state index >= 15 is 0 Å². The Morgan fingerprint density at radius 3 is 2.17 bits per heavy atom. The minimum absolute atomic E-state index is 0.00393. The summed E-state index contributed by atoms with van der Waals surface area (Å²) in [6.45, 7) is 7.63. The van der Waals surface area contributed by atoms with E-state index < -0.39 is 15.0 Å². The number of benzene rings is 1. The van der Waals surface area contributed by atoms with Gasteiger partial charge in [-0.15, -0.1) is 0 Å². The lowest BCUT2D eigenvalue weighted by Gasteiger charge is -2.14. The number of sulfone groups is 1. The van der Waals surface area contributed by atoms with Gasteiger partial charge in [0.1, 0.15) is 0 Å². The molecule has 0 aliphatic heterocycles. The van der Waals surface area contributed by atoms with Crippen molar-refractivity contribution < 1.29 is 12.8 Å². The molecule has 100 valence electrons. The van der Waals surface area contributed by atoms with Gasteiger partial charge in [0.15, 0.2) is 0 Å². The fraction of sp³-hybridized carbons (Fsp3) is 0.429. The molecule has 0 fully saturated rings. The fourth-order valence-electron chi connectivity index (χ4n) is 1.33. The normalized spacial score (nSPS) is 13.7. The van der Waals surface area contributed by atoms with Gasteiger partial charge in [-0.25, -0.2) is 8.42 Å². The quantitative estimate of drug-likeness (QED) is 0.831. The van der Waals surface area contributed by atoms with Gasteiger partial charge in [0, 0.05) is 0 Å². The van der Waals surface area contributed by atoms with Crippen LogP contribution in [0.3, 0.4) is 0 Å². The third kappa shape index (κ3) is 3.95. The minimum Gasteiger partial charge on any atom is -0.216 e. The molecule has 1 aromatic carbocycles. The van der Waals surface area contributed by atoms with Crippen molar-refractivity contribution in [1.82, 2.24) is 0 Å².